The molecule has 0 unspecified atom stereocenters. The van der Waals surface area contributed by atoms with Crippen molar-refractivity contribution in [2.24, 2.45) is 5.41 Å². The van der Waals surface area contributed by atoms with Gasteiger partial charge in [0.2, 0.25) is 5.71 Å². The van der Waals surface area contributed by atoms with Crippen LogP contribution in [-0.2, 0) is 39.2 Å². The monoisotopic (exact) mass is 882 g/mol. The predicted molar refractivity (Wildman–Crippen MR) is 214 cm³/mol. The molecule has 0 fully saturated rings. The van der Waals surface area contributed by atoms with Gasteiger partial charge in [0.15, 0.2) is 0 Å². The maximum atomic E-state index is 8.66. The van der Waals surface area contributed by atoms with Gasteiger partial charge >= 0.3 is 0 Å². The number of furan rings is 1. The standard InChI is InChI=1S/C29H27N2O.C19H16N.Ir/c1-29(2,3)19-21-16-17-30-26(18-21)25-11-7-10-23-24-15-14-22(31-28(24)32-27(23)25)13-12-20-8-5-4-6-9-20;1-14-8-10-17(11-9-14)19-12-18(15(2)13-20-19)16-6-4-3-5-7-16;/h4-10,14-18H,12-13,19H2,1-3H3;3-10,12-13H,1-2H3;/q2*-1;/i12D2,13D2,19D2;1D3,2D3;. The molecule has 4 nitrogen and oxygen atoms in total. The summed E-state index contributed by atoms with van der Waals surface area (Å²) in [7, 11) is 0. The van der Waals surface area contributed by atoms with Crippen LogP contribution in [0.15, 0.2) is 138 Å². The van der Waals surface area contributed by atoms with Crippen molar-refractivity contribution in [3.63, 3.8) is 0 Å². The molecule has 0 saturated heterocycles. The molecular formula is C48H43IrN3O-2. The summed E-state index contributed by atoms with van der Waals surface area (Å²) in [5.41, 5.74) is 4.51. The summed E-state index contributed by atoms with van der Waals surface area (Å²) in [6.45, 7) is 1.07. The number of hydrogen-bond donors (Lipinski definition) is 0. The molecule has 0 N–H and O–H groups in total. The third kappa shape index (κ3) is 9.24. The van der Waals surface area contributed by atoms with Gasteiger partial charge in [-0.15, -0.1) is 53.6 Å². The van der Waals surface area contributed by atoms with Gasteiger partial charge < -0.3 is 14.4 Å². The maximum Gasteiger partial charge on any atom is 0.216 e. The summed E-state index contributed by atoms with van der Waals surface area (Å²) in [6, 6.07) is 39.9. The zero-order valence-corrected chi connectivity index (χ0v) is 31.7. The van der Waals surface area contributed by atoms with Crippen LogP contribution in [0, 0.1) is 31.3 Å². The summed E-state index contributed by atoms with van der Waals surface area (Å²) in [5, 5.41) is 1.38. The molecule has 267 valence electrons. The third-order valence-corrected chi connectivity index (χ3v) is 8.02. The average molecular weight is 882 g/mol. The van der Waals surface area contributed by atoms with E-state index in [2.05, 4.69) is 27.1 Å². The second kappa shape index (κ2) is 16.6. The molecule has 4 aromatic carbocycles. The van der Waals surface area contributed by atoms with Gasteiger partial charge in [0.05, 0.1) is 5.58 Å². The van der Waals surface area contributed by atoms with Crippen LogP contribution in [0.5, 0.6) is 0 Å². The Morgan fingerprint density at radius 2 is 1.57 bits per heavy atom. The van der Waals surface area contributed by atoms with Crippen LogP contribution in [0.1, 0.15) is 65.2 Å². The van der Waals surface area contributed by atoms with Crippen molar-refractivity contribution in [3.05, 3.63) is 174 Å². The predicted octanol–water partition coefficient (Wildman–Crippen LogP) is 12.0. The molecule has 53 heavy (non-hydrogen) atoms. The van der Waals surface area contributed by atoms with E-state index in [1.165, 1.54) is 24.4 Å². The van der Waals surface area contributed by atoms with Crippen LogP contribution >= 0.6 is 0 Å². The summed E-state index contributed by atoms with van der Waals surface area (Å²) >= 11 is 0. The fourth-order valence-corrected chi connectivity index (χ4v) is 5.66. The van der Waals surface area contributed by atoms with Crippen LogP contribution in [0.25, 0.3) is 55.7 Å². The molecule has 0 atom stereocenters. The second-order valence-electron chi connectivity index (χ2n) is 13.1. The first-order valence-electron chi connectivity index (χ1n) is 22.8. The van der Waals surface area contributed by atoms with Crippen LogP contribution in [0.2, 0.25) is 0 Å². The number of hydrogen-bond acceptors (Lipinski definition) is 4. The first-order valence-corrected chi connectivity index (χ1v) is 16.8. The first kappa shape index (κ1) is 24.9. The number of aryl methyl sites for hydroxylation is 4. The van der Waals surface area contributed by atoms with Gasteiger partial charge in [-0.3, -0.25) is 0 Å². The average Bonchev–Trinajstić information content (AvgIpc) is 3.64. The minimum Gasteiger partial charge on any atom is -0.486 e. The van der Waals surface area contributed by atoms with E-state index in [0.717, 1.165) is 10.9 Å². The van der Waals surface area contributed by atoms with Gasteiger partial charge in [0, 0.05) is 60.0 Å². The van der Waals surface area contributed by atoms with Crippen molar-refractivity contribution in [2.75, 3.05) is 0 Å². The fourth-order valence-electron chi connectivity index (χ4n) is 5.66. The van der Waals surface area contributed by atoms with E-state index >= 15 is 0 Å². The van der Waals surface area contributed by atoms with Crippen molar-refractivity contribution >= 4 is 22.1 Å². The summed E-state index contributed by atoms with van der Waals surface area (Å²) in [4.78, 5) is 13.1. The molecule has 0 spiro atoms. The molecule has 0 saturated carbocycles. The maximum absolute atomic E-state index is 8.66. The van der Waals surface area contributed by atoms with Crippen molar-refractivity contribution in [3.8, 4) is 33.6 Å². The fraction of sp³-hybridized carbons (Fsp3) is 0.188. The molecule has 4 heterocycles. The summed E-state index contributed by atoms with van der Waals surface area (Å²) in [6.07, 6.45) is -3.45. The van der Waals surface area contributed by atoms with E-state index in [-0.39, 0.29) is 48.2 Å². The van der Waals surface area contributed by atoms with Gasteiger partial charge in [0.1, 0.15) is 0 Å². The third-order valence-electron chi connectivity index (χ3n) is 8.02. The number of pyridine rings is 3. The van der Waals surface area contributed by atoms with Crippen LogP contribution in [-0.4, -0.2) is 15.0 Å². The normalized spacial score (nSPS) is 15.8. The Morgan fingerprint density at radius 3 is 2.30 bits per heavy atom. The molecule has 1 radical (unpaired) electrons. The number of rotatable bonds is 7. The molecule has 0 aliphatic carbocycles. The van der Waals surface area contributed by atoms with E-state index in [1.807, 2.05) is 57.2 Å². The largest absolute Gasteiger partial charge is 0.486 e. The molecule has 4 aromatic heterocycles. The topological polar surface area (TPSA) is 51.8 Å². The summed E-state index contributed by atoms with van der Waals surface area (Å²) in [5.74, 6) is 0. The molecule has 0 aliphatic rings. The van der Waals surface area contributed by atoms with Crippen molar-refractivity contribution in [2.45, 2.75) is 53.6 Å². The van der Waals surface area contributed by atoms with Crippen molar-refractivity contribution in [1.29, 1.82) is 0 Å². The SMILES string of the molecule is [2H]C([2H])([2H])c1c[c-]c(-c2cc(-c3ccccc3)c(C([2H])([2H])[2H])cn2)cc1.[2H]C([2H])(c1ccnc(-c2[c-]ccc3c2oc2nc(C([2H])([2H])C([2H])([2H])c4ccccc4)ccc23)c1)C(C)(C)C.[Ir]. The molecule has 0 amide bonds. The minimum atomic E-state index is -2.44. The van der Waals surface area contributed by atoms with E-state index < -0.39 is 38.2 Å². The van der Waals surface area contributed by atoms with Gasteiger partial charge in [0.25, 0.3) is 0 Å². The Bertz CT molecular complexity index is 2930. The second-order valence-corrected chi connectivity index (χ2v) is 13.1. The van der Waals surface area contributed by atoms with E-state index in [9.17, 15) is 0 Å². The van der Waals surface area contributed by atoms with Crippen molar-refractivity contribution < 1.29 is 41.0 Å². The quantitative estimate of drug-likeness (QED) is 0.150. The summed E-state index contributed by atoms with van der Waals surface area (Å²) < 4.78 is 103. The van der Waals surface area contributed by atoms with Crippen LogP contribution in [0.3, 0.4) is 0 Å². The van der Waals surface area contributed by atoms with Gasteiger partial charge in [-0.25, -0.2) is 4.98 Å². The Labute approximate surface area is 343 Å². The number of nitrogens with zero attached hydrogens (tertiary/aromatic N) is 3. The molecule has 0 bridgehead atoms. The zero-order chi connectivity index (χ0) is 46.5. The number of fused-ring (bicyclic) bond motifs is 3. The molecule has 0 aliphatic heterocycles. The minimum absolute atomic E-state index is 0. The first-order chi connectivity index (χ1) is 29.9. The zero-order valence-electron chi connectivity index (χ0n) is 41.3. The van der Waals surface area contributed by atoms with E-state index in [1.54, 1.807) is 72.9 Å². The molecule has 8 rings (SSSR count). The van der Waals surface area contributed by atoms with Crippen LogP contribution < -0.4 is 0 Å². The number of aromatic nitrogens is 3. The van der Waals surface area contributed by atoms with Gasteiger partial charge in [-0.1, -0.05) is 117 Å². The molecule has 5 heteroatoms. The van der Waals surface area contributed by atoms with E-state index in [4.69, 9.17) is 20.9 Å². The van der Waals surface area contributed by atoms with E-state index in [0.29, 0.717) is 44.6 Å². The Hall–Kier alpha value is -5.22. The Kier molecular flexibility index (Phi) is 7.82. The Balaban J connectivity index is 0.000000227. The molecule has 8 aromatic rings. The van der Waals surface area contributed by atoms with Gasteiger partial charge in [-0.05, 0) is 83.2 Å². The molecular weight excluding hydrogens is 827 g/mol. The Morgan fingerprint density at radius 1 is 0.755 bits per heavy atom. The van der Waals surface area contributed by atoms with Crippen molar-refractivity contribution in [1.82, 2.24) is 15.0 Å². The van der Waals surface area contributed by atoms with Gasteiger partial charge in [-0.2, -0.15) is 0 Å². The number of benzene rings is 4. The van der Waals surface area contributed by atoms with Crippen LogP contribution in [0.4, 0.5) is 0 Å². The smallest absolute Gasteiger partial charge is 0.216 e.